The predicted molar refractivity (Wildman–Crippen MR) is 130 cm³/mol. The molecule has 0 bridgehead atoms. The first-order valence-electron chi connectivity index (χ1n) is 11.9. The Hall–Kier alpha value is -2.68. The van der Waals surface area contributed by atoms with Gasteiger partial charge in [-0.05, 0) is 62.8 Å². The van der Waals surface area contributed by atoms with Crippen LogP contribution in [-0.4, -0.2) is 40.6 Å². The molecule has 7 nitrogen and oxygen atoms in total. The summed E-state index contributed by atoms with van der Waals surface area (Å²) >= 11 is 0. The van der Waals surface area contributed by atoms with E-state index in [0.29, 0.717) is 30.8 Å². The first kappa shape index (κ1) is 24.4. The van der Waals surface area contributed by atoms with Gasteiger partial charge in [0, 0.05) is 30.9 Å². The van der Waals surface area contributed by atoms with Gasteiger partial charge in [-0.25, -0.2) is 21.8 Å². The van der Waals surface area contributed by atoms with Gasteiger partial charge < -0.3 is 9.88 Å². The van der Waals surface area contributed by atoms with E-state index in [1.54, 1.807) is 25.1 Å². The molecule has 2 aromatic heterocycles. The maximum absolute atomic E-state index is 13.6. The molecule has 0 radical (unpaired) electrons. The van der Waals surface area contributed by atoms with Crippen LogP contribution in [0.25, 0.3) is 11.0 Å². The molecule has 1 aliphatic carbocycles. The summed E-state index contributed by atoms with van der Waals surface area (Å²) in [6, 6.07) is 6.48. The molecule has 1 fully saturated rings. The summed E-state index contributed by atoms with van der Waals surface area (Å²) < 4.78 is 43.4. The number of nitrogens with one attached hydrogen (secondary N) is 1. The third-order valence-corrected chi connectivity index (χ3v) is 8.08. The molecule has 1 aliphatic rings. The van der Waals surface area contributed by atoms with E-state index < -0.39 is 16.2 Å². The van der Waals surface area contributed by atoms with E-state index in [1.165, 1.54) is 18.5 Å². The van der Waals surface area contributed by atoms with Crippen molar-refractivity contribution in [2.75, 3.05) is 6.54 Å². The van der Waals surface area contributed by atoms with Gasteiger partial charge in [0.2, 0.25) is 0 Å². The summed E-state index contributed by atoms with van der Waals surface area (Å²) in [4.78, 5) is 17.0. The average Bonchev–Trinajstić information content (AvgIpc) is 3.41. The van der Waals surface area contributed by atoms with Crippen molar-refractivity contribution in [1.29, 1.82) is 0 Å². The molecule has 3 aromatic rings. The minimum Gasteiger partial charge on any atom is -0.352 e. The summed E-state index contributed by atoms with van der Waals surface area (Å²) in [5.41, 5.74) is 1.54. The molecule has 1 aromatic carbocycles. The molecular formula is C25H33FN4O3S. The van der Waals surface area contributed by atoms with Crippen molar-refractivity contribution in [3.05, 3.63) is 48.0 Å². The molecule has 9 heteroatoms. The number of alkyl halides is 1. The molecule has 4 rings (SSSR count). The minimum absolute atomic E-state index is 0.112. The zero-order valence-corrected chi connectivity index (χ0v) is 21.0. The molecule has 1 amide bonds. The molecule has 1 saturated carbocycles. The third-order valence-electron chi connectivity index (χ3n) is 6.45. The van der Waals surface area contributed by atoms with E-state index in [4.69, 9.17) is 4.98 Å². The van der Waals surface area contributed by atoms with E-state index in [1.807, 2.05) is 0 Å². The number of hydrogen-bond acceptors (Lipinski definition) is 4. The zero-order valence-electron chi connectivity index (χ0n) is 20.2. The molecule has 184 valence electrons. The van der Waals surface area contributed by atoms with E-state index in [9.17, 15) is 17.6 Å². The van der Waals surface area contributed by atoms with Gasteiger partial charge in [0.1, 0.15) is 12.0 Å². The van der Waals surface area contributed by atoms with Gasteiger partial charge >= 0.3 is 0 Å². The summed E-state index contributed by atoms with van der Waals surface area (Å²) in [7, 11) is -3.88. The van der Waals surface area contributed by atoms with Crippen molar-refractivity contribution in [1.82, 2.24) is 18.8 Å². The smallest absolute Gasteiger partial charge is 0.267 e. The van der Waals surface area contributed by atoms with Crippen LogP contribution in [0.2, 0.25) is 0 Å². The van der Waals surface area contributed by atoms with Crippen LogP contribution in [0.4, 0.5) is 4.39 Å². The molecule has 0 atom stereocenters. The van der Waals surface area contributed by atoms with Crippen molar-refractivity contribution in [2.24, 2.45) is 5.92 Å². The molecule has 0 saturated heterocycles. The molecule has 0 aliphatic heterocycles. The topological polar surface area (TPSA) is 86.0 Å². The molecule has 1 N–H and O–H groups in total. The van der Waals surface area contributed by atoms with Crippen LogP contribution in [0.1, 0.15) is 69.6 Å². The standard InChI is InChI=1S/C25H33FN4O3S/c1-5-27-23(31)18-12-13-29(16-18)34(32,33)20-10-11-22-21(14-20)28-24(25(2,3)4)30(22)15-17-6-8-19(26)9-7-17/h10-14,16-17,19H,5-9,15H2,1-4H3,(H,27,31). The second kappa shape index (κ2) is 9.17. The molecule has 0 spiro atoms. The normalized spacial score (nSPS) is 19.4. The fourth-order valence-corrected chi connectivity index (χ4v) is 5.85. The van der Waals surface area contributed by atoms with Crippen LogP contribution in [-0.2, 0) is 22.0 Å². The van der Waals surface area contributed by atoms with Crippen LogP contribution < -0.4 is 5.32 Å². The Morgan fingerprint density at radius 2 is 1.88 bits per heavy atom. The Morgan fingerprint density at radius 1 is 1.18 bits per heavy atom. The Morgan fingerprint density at radius 3 is 2.53 bits per heavy atom. The second-order valence-electron chi connectivity index (χ2n) is 10.2. The highest BCUT2D eigenvalue weighted by atomic mass is 32.2. The van der Waals surface area contributed by atoms with Crippen LogP contribution in [0.15, 0.2) is 41.6 Å². The monoisotopic (exact) mass is 488 g/mol. The quantitative estimate of drug-likeness (QED) is 0.547. The van der Waals surface area contributed by atoms with Crippen LogP contribution in [0, 0.1) is 5.92 Å². The van der Waals surface area contributed by atoms with Crippen molar-refractivity contribution >= 4 is 27.0 Å². The lowest BCUT2D eigenvalue weighted by atomic mass is 9.87. The fourth-order valence-electron chi connectivity index (χ4n) is 4.64. The number of fused-ring (bicyclic) bond motifs is 1. The number of rotatable bonds is 6. The predicted octanol–water partition coefficient (Wildman–Crippen LogP) is 4.65. The zero-order chi connectivity index (χ0) is 24.7. The van der Waals surface area contributed by atoms with Crippen molar-refractivity contribution in [3.8, 4) is 0 Å². The first-order valence-corrected chi connectivity index (χ1v) is 13.3. The molecule has 0 unspecified atom stereocenters. The van der Waals surface area contributed by atoms with Gasteiger partial charge in [-0.2, -0.15) is 0 Å². The first-order chi connectivity index (χ1) is 16.0. The van der Waals surface area contributed by atoms with Crippen molar-refractivity contribution in [3.63, 3.8) is 0 Å². The van der Waals surface area contributed by atoms with Gasteiger partial charge in [-0.3, -0.25) is 4.79 Å². The Labute approximate surface area is 200 Å². The number of halogens is 1. The van der Waals surface area contributed by atoms with Crippen LogP contribution in [0.3, 0.4) is 0 Å². The van der Waals surface area contributed by atoms with Crippen molar-refractivity contribution in [2.45, 2.75) is 76.4 Å². The highest BCUT2D eigenvalue weighted by Crippen LogP contribution is 2.33. The number of carbonyl (C=O) groups excluding carboxylic acids is 1. The summed E-state index contributed by atoms with van der Waals surface area (Å²) in [5, 5.41) is 2.67. The van der Waals surface area contributed by atoms with Crippen LogP contribution >= 0.6 is 0 Å². The van der Waals surface area contributed by atoms with Gasteiger partial charge in [-0.1, -0.05) is 20.8 Å². The average molecular weight is 489 g/mol. The van der Waals surface area contributed by atoms with Gasteiger partial charge in [0.15, 0.2) is 0 Å². The minimum atomic E-state index is -3.88. The van der Waals surface area contributed by atoms with Gasteiger partial charge in [0.05, 0.1) is 21.5 Å². The third kappa shape index (κ3) is 4.76. The van der Waals surface area contributed by atoms with E-state index in [0.717, 1.165) is 34.7 Å². The highest BCUT2D eigenvalue weighted by Gasteiger charge is 2.28. The maximum atomic E-state index is 13.6. The number of benzene rings is 1. The van der Waals surface area contributed by atoms with E-state index in [2.05, 4.69) is 30.7 Å². The second-order valence-corrected chi connectivity index (χ2v) is 12.0. The Balaban J connectivity index is 1.71. The van der Waals surface area contributed by atoms with E-state index >= 15 is 0 Å². The van der Waals surface area contributed by atoms with Gasteiger partial charge in [-0.15, -0.1) is 0 Å². The Kier molecular flexibility index (Phi) is 6.59. The summed E-state index contributed by atoms with van der Waals surface area (Å²) in [6.07, 6.45) is 4.89. The van der Waals surface area contributed by atoms with Gasteiger partial charge in [0.25, 0.3) is 15.9 Å². The molecule has 34 heavy (non-hydrogen) atoms. The summed E-state index contributed by atoms with van der Waals surface area (Å²) in [5.74, 6) is 0.947. The lowest BCUT2D eigenvalue weighted by Crippen LogP contribution is -2.24. The van der Waals surface area contributed by atoms with Crippen LogP contribution in [0.5, 0.6) is 0 Å². The number of imidazole rings is 1. The number of amides is 1. The number of hydrogen-bond donors (Lipinski definition) is 1. The number of carbonyl (C=O) groups is 1. The fraction of sp³-hybridized carbons (Fsp3) is 0.520. The Bertz CT molecular complexity index is 1300. The SMILES string of the molecule is CCNC(=O)c1ccn(S(=O)(=O)c2ccc3c(c2)nc(C(C)(C)C)n3CC2CCC(F)CC2)c1. The summed E-state index contributed by atoms with van der Waals surface area (Å²) in [6.45, 7) is 9.27. The number of nitrogens with zero attached hydrogens (tertiary/aromatic N) is 3. The highest BCUT2D eigenvalue weighted by molar-refractivity contribution is 7.90. The molecular weight excluding hydrogens is 455 g/mol. The lowest BCUT2D eigenvalue weighted by Gasteiger charge is -2.27. The van der Waals surface area contributed by atoms with Crippen molar-refractivity contribution < 1.29 is 17.6 Å². The maximum Gasteiger partial charge on any atom is 0.267 e. The lowest BCUT2D eigenvalue weighted by molar-refractivity contribution is 0.0956. The largest absolute Gasteiger partial charge is 0.352 e. The van der Waals surface area contributed by atoms with E-state index in [-0.39, 0.29) is 21.8 Å². The molecule has 2 heterocycles. The number of aromatic nitrogens is 3.